The van der Waals surface area contributed by atoms with Crippen LogP contribution in [-0.2, 0) is 14.8 Å². The number of nitrogens with zero attached hydrogens (tertiary/aromatic N) is 4. The monoisotopic (exact) mass is 494 g/mol. The molecule has 9 nitrogen and oxygen atoms in total. The molecule has 0 spiro atoms. The molecule has 1 aromatic heterocycles. The Kier molecular flexibility index (Phi) is 6.56. The number of fused-ring (bicyclic) bond motifs is 1. The largest absolute Gasteiger partial charge is 0.490 e. The summed E-state index contributed by atoms with van der Waals surface area (Å²) in [7, 11) is -3.70. The molecule has 2 aliphatic heterocycles. The van der Waals surface area contributed by atoms with Gasteiger partial charge in [0.1, 0.15) is 0 Å². The van der Waals surface area contributed by atoms with Gasteiger partial charge in [0.2, 0.25) is 15.9 Å². The lowest BCUT2D eigenvalue weighted by molar-refractivity contribution is -0.127. The van der Waals surface area contributed by atoms with E-state index in [1.807, 2.05) is 35.0 Å². The highest BCUT2D eigenvalue weighted by molar-refractivity contribution is 7.89. The molecule has 0 aliphatic carbocycles. The fourth-order valence-corrected chi connectivity index (χ4v) is 5.48. The minimum Gasteiger partial charge on any atom is -0.490 e. The number of amides is 1. The first-order chi connectivity index (χ1) is 17.0. The summed E-state index contributed by atoms with van der Waals surface area (Å²) in [5.41, 5.74) is 1.88. The molecule has 0 atom stereocenters. The Morgan fingerprint density at radius 2 is 1.69 bits per heavy atom. The number of carbonyl (C=O) groups is 1. The van der Waals surface area contributed by atoms with Gasteiger partial charge < -0.3 is 18.9 Å². The summed E-state index contributed by atoms with van der Waals surface area (Å²) in [6.45, 7) is 2.14. The fraction of sp³-hybridized carbons (Fsp3) is 0.280. The van der Waals surface area contributed by atoms with Crippen LogP contribution in [0.3, 0.4) is 0 Å². The Bertz CT molecular complexity index is 1310. The van der Waals surface area contributed by atoms with Crippen molar-refractivity contribution < 1.29 is 22.7 Å². The van der Waals surface area contributed by atoms with Crippen LogP contribution < -0.4 is 9.47 Å². The molecule has 2 aliphatic rings. The average Bonchev–Trinajstić information content (AvgIpc) is 3.33. The zero-order chi connectivity index (χ0) is 24.3. The van der Waals surface area contributed by atoms with Crippen LogP contribution in [-0.4, -0.2) is 72.5 Å². The van der Waals surface area contributed by atoms with Gasteiger partial charge in [-0.15, -0.1) is 0 Å². The van der Waals surface area contributed by atoms with E-state index >= 15 is 0 Å². The first-order valence-corrected chi connectivity index (χ1v) is 12.9. The fourth-order valence-electron chi connectivity index (χ4n) is 4.04. The average molecular weight is 495 g/mol. The van der Waals surface area contributed by atoms with Gasteiger partial charge in [0, 0.05) is 62.8 Å². The van der Waals surface area contributed by atoms with Crippen LogP contribution in [0.2, 0.25) is 0 Å². The predicted octanol–water partition coefficient (Wildman–Crippen LogP) is 2.58. The molecule has 0 radical (unpaired) electrons. The van der Waals surface area contributed by atoms with Gasteiger partial charge in [-0.25, -0.2) is 13.4 Å². The van der Waals surface area contributed by atoms with Crippen molar-refractivity contribution in [3.63, 3.8) is 0 Å². The summed E-state index contributed by atoms with van der Waals surface area (Å²) < 4.78 is 40.9. The first kappa shape index (κ1) is 23.1. The number of sulfonamides is 1. The summed E-state index contributed by atoms with van der Waals surface area (Å²) in [5.74, 6) is 0.858. The number of rotatable bonds is 5. The summed E-state index contributed by atoms with van der Waals surface area (Å²) in [4.78, 5) is 18.5. The standard InChI is InChI=1S/C25H26N4O5S/c30-25(9-4-20-2-5-21(6-3-20)28-11-10-26-19-28)27-12-14-29(15-13-27)35(31,32)22-7-8-23-24(18-22)34-17-1-16-33-23/h2-11,18-19H,1,12-17H2. The van der Waals surface area contributed by atoms with Gasteiger partial charge in [-0.2, -0.15) is 4.31 Å². The number of aromatic nitrogens is 2. The summed E-state index contributed by atoms with van der Waals surface area (Å²) >= 11 is 0. The number of benzene rings is 2. The van der Waals surface area contributed by atoms with Gasteiger partial charge in [0.05, 0.1) is 24.4 Å². The van der Waals surface area contributed by atoms with Crippen molar-refractivity contribution in [3.05, 3.63) is 72.8 Å². The molecule has 0 unspecified atom stereocenters. The Labute approximate surface area is 204 Å². The van der Waals surface area contributed by atoms with Crippen LogP contribution in [0.1, 0.15) is 12.0 Å². The highest BCUT2D eigenvalue weighted by atomic mass is 32.2. The van der Waals surface area contributed by atoms with Crippen molar-refractivity contribution >= 4 is 22.0 Å². The lowest BCUT2D eigenvalue weighted by Gasteiger charge is -2.33. The molecule has 0 N–H and O–H groups in total. The van der Waals surface area contributed by atoms with Crippen molar-refractivity contribution in [2.75, 3.05) is 39.4 Å². The van der Waals surface area contributed by atoms with Crippen molar-refractivity contribution in [2.24, 2.45) is 0 Å². The quantitative estimate of drug-likeness (QED) is 0.506. The van der Waals surface area contributed by atoms with E-state index in [1.54, 1.807) is 35.6 Å². The Balaban J connectivity index is 1.19. The molecule has 182 valence electrons. The van der Waals surface area contributed by atoms with Gasteiger partial charge in [-0.1, -0.05) is 12.1 Å². The highest BCUT2D eigenvalue weighted by Gasteiger charge is 2.30. The van der Waals surface area contributed by atoms with Crippen LogP contribution in [0.4, 0.5) is 0 Å². The normalized spacial score (nSPS) is 16.9. The first-order valence-electron chi connectivity index (χ1n) is 11.5. The van der Waals surface area contributed by atoms with Crippen LogP contribution in [0.25, 0.3) is 11.8 Å². The minimum absolute atomic E-state index is 0.142. The van der Waals surface area contributed by atoms with Crippen LogP contribution in [0.15, 0.2) is 72.2 Å². The second kappa shape index (κ2) is 9.93. The molecule has 3 heterocycles. The van der Waals surface area contributed by atoms with E-state index in [2.05, 4.69) is 4.98 Å². The van der Waals surface area contributed by atoms with Gasteiger partial charge in [-0.05, 0) is 35.9 Å². The number of piperazine rings is 1. The lowest BCUT2D eigenvalue weighted by Crippen LogP contribution is -2.50. The van der Waals surface area contributed by atoms with E-state index < -0.39 is 10.0 Å². The number of carbonyl (C=O) groups excluding carboxylic acids is 1. The third kappa shape index (κ3) is 5.08. The second-order valence-electron chi connectivity index (χ2n) is 8.28. The Morgan fingerprint density at radius 1 is 0.943 bits per heavy atom. The molecule has 2 aromatic carbocycles. The maximum Gasteiger partial charge on any atom is 0.246 e. The van der Waals surface area contributed by atoms with Crippen molar-refractivity contribution in [1.82, 2.24) is 18.8 Å². The molecule has 0 bridgehead atoms. The molecular weight excluding hydrogens is 468 g/mol. The molecular formula is C25H26N4O5S. The summed E-state index contributed by atoms with van der Waals surface area (Å²) in [6, 6.07) is 12.5. The van der Waals surface area contributed by atoms with Crippen molar-refractivity contribution in [2.45, 2.75) is 11.3 Å². The Hall–Kier alpha value is -3.63. The van der Waals surface area contributed by atoms with Gasteiger partial charge in [0.25, 0.3) is 0 Å². The van der Waals surface area contributed by atoms with Crippen molar-refractivity contribution in [3.8, 4) is 17.2 Å². The van der Waals surface area contributed by atoms with Crippen molar-refractivity contribution in [1.29, 1.82) is 0 Å². The summed E-state index contributed by atoms with van der Waals surface area (Å²) in [5, 5.41) is 0. The topological polar surface area (TPSA) is 94.0 Å². The highest BCUT2D eigenvalue weighted by Crippen LogP contribution is 2.33. The van der Waals surface area contributed by atoms with Crippen LogP contribution in [0.5, 0.6) is 11.5 Å². The van der Waals surface area contributed by atoms with Gasteiger partial charge in [-0.3, -0.25) is 4.79 Å². The maximum absolute atomic E-state index is 13.2. The molecule has 1 amide bonds. The van der Waals surface area contributed by atoms with E-state index in [-0.39, 0.29) is 23.9 Å². The predicted molar refractivity (Wildman–Crippen MR) is 130 cm³/mol. The number of hydrogen-bond donors (Lipinski definition) is 0. The molecule has 5 rings (SSSR count). The molecule has 35 heavy (non-hydrogen) atoms. The second-order valence-corrected chi connectivity index (χ2v) is 10.2. The molecule has 1 saturated heterocycles. The zero-order valence-corrected chi connectivity index (χ0v) is 19.9. The van der Waals surface area contributed by atoms with E-state index in [0.717, 1.165) is 17.7 Å². The van der Waals surface area contributed by atoms with Gasteiger partial charge >= 0.3 is 0 Å². The zero-order valence-electron chi connectivity index (χ0n) is 19.1. The number of hydrogen-bond acceptors (Lipinski definition) is 6. The molecule has 1 fully saturated rings. The molecule has 3 aromatic rings. The number of ether oxygens (including phenoxy) is 2. The summed E-state index contributed by atoms with van der Waals surface area (Å²) in [6.07, 6.45) is 9.35. The lowest BCUT2D eigenvalue weighted by atomic mass is 10.2. The third-order valence-corrected chi connectivity index (χ3v) is 7.92. The van der Waals surface area contributed by atoms with E-state index in [4.69, 9.17) is 9.47 Å². The minimum atomic E-state index is -3.70. The molecule has 10 heteroatoms. The Morgan fingerprint density at radius 3 is 2.40 bits per heavy atom. The van der Waals surface area contributed by atoms with Crippen LogP contribution in [0, 0.1) is 0 Å². The van der Waals surface area contributed by atoms with E-state index in [0.29, 0.717) is 37.8 Å². The maximum atomic E-state index is 13.2. The van der Waals surface area contributed by atoms with E-state index in [1.165, 1.54) is 16.4 Å². The number of imidazole rings is 1. The third-order valence-electron chi connectivity index (χ3n) is 6.02. The molecule has 0 saturated carbocycles. The van der Waals surface area contributed by atoms with Crippen LogP contribution >= 0.6 is 0 Å². The SMILES string of the molecule is O=C(C=Cc1ccc(-n2ccnc2)cc1)N1CCN(S(=O)(=O)c2ccc3c(c2)OCCCO3)CC1. The van der Waals surface area contributed by atoms with Gasteiger partial charge in [0.15, 0.2) is 11.5 Å². The van der Waals surface area contributed by atoms with E-state index in [9.17, 15) is 13.2 Å². The smallest absolute Gasteiger partial charge is 0.246 e.